The third-order valence-electron chi connectivity index (χ3n) is 2.77. The second kappa shape index (κ2) is 7.12. The van der Waals surface area contributed by atoms with E-state index in [0.29, 0.717) is 19.5 Å². The molecule has 4 nitrogen and oxygen atoms in total. The number of carbonyl (C=O) groups is 1. The van der Waals surface area contributed by atoms with Gasteiger partial charge in [0.25, 0.3) is 0 Å². The van der Waals surface area contributed by atoms with Crippen LogP contribution in [0.4, 0.5) is 0 Å². The standard InChI is InChI=1S/C13H23N3O/c1-3-5-12(14)11-6-8-16(10-11)9-7-13(17)15-4-2/h6,8,10,12H,3-5,7,9,14H2,1-2H3,(H,15,17). The molecule has 0 aromatic carbocycles. The molecule has 0 saturated carbocycles. The molecule has 1 amide bonds. The topological polar surface area (TPSA) is 60.0 Å². The zero-order chi connectivity index (χ0) is 12.7. The molecular formula is C13H23N3O. The van der Waals surface area contributed by atoms with Crippen molar-refractivity contribution in [2.75, 3.05) is 6.54 Å². The molecule has 0 aliphatic carbocycles. The fourth-order valence-electron chi connectivity index (χ4n) is 1.81. The number of aryl methyl sites for hydroxylation is 1. The van der Waals surface area contributed by atoms with Crippen molar-refractivity contribution < 1.29 is 4.79 Å². The van der Waals surface area contributed by atoms with E-state index in [1.54, 1.807) is 0 Å². The number of hydrogen-bond acceptors (Lipinski definition) is 2. The Kier molecular flexibility index (Phi) is 5.77. The van der Waals surface area contributed by atoms with E-state index in [9.17, 15) is 4.79 Å². The summed E-state index contributed by atoms with van der Waals surface area (Å²) in [6, 6.07) is 2.16. The van der Waals surface area contributed by atoms with Gasteiger partial charge in [0.1, 0.15) is 0 Å². The summed E-state index contributed by atoms with van der Waals surface area (Å²) in [5.41, 5.74) is 7.19. The van der Waals surface area contributed by atoms with Gasteiger partial charge in [0.05, 0.1) is 0 Å². The molecule has 1 rings (SSSR count). The van der Waals surface area contributed by atoms with Crippen molar-refractivity contribution in [2.24, 2.45) is 5.73 Å². The highest BCUT2D eigenvalue weighted by molar-refractivity contribution is 5.75. The van der Waals surface area contributed by atoms with Gasteiger partial charge in [-0.15, -0.1) is 0 Å². The maximum atomic E-state index is 11.3. The zero-order valence-electron chi connectivity index (χ0n) is 10.8. The van der Waals surface area contributed by atoms with Gasteiger partial charge in [0.15, 0.2) is 0 Å². The predicted molar refractivity (Wildman–Crippen MR) is 69.6 cm³/mol. The van der Waals surface area contributed by atoms with Crippen molar-refractivity contribution in [3.63, 3.8) is 0 Å². The van der Waals surface area contributed by atoms with E-state index >= 15 is 0 Å². The lowest BCUT2D eigenvalue weighted by atomic mass is 10.1. The molecule has 1 unspecified atom stereocenters. The quantitative estimate of drug-likeness (QED) is 0.760. The summed E-state index contributed by atoms with van der Waals surface area (Å²) in [4.78, 5) is 11.3. The highest BCUT2D eigenvalue weighted by Crippen LogP contribution is 2.15. The smallest absolute Gasteiger partial charge is 0.221 e. The van der Waals surface area contributed by atoms with Crippen LogP contribution in [0.3, 0.4) is 0 Å². The molecule has 3 N–H and O–H groups in total. The van der Waals surface area contributed by atoms with Crippen LogP contribution in [0.5, 0.6) is 0 Å². The van der Waals surface area contributed by atoms with Crippen molar-refractivity contribution in [2.45, 2.75) is 45.7 Å². The minimum absolute atomic E-state index is 0.0978. The molecule has 0 bridgehead atoms. The summed E-state index contributed by atoms with van der Waals surface area (Å²) in [6.07, 6.45) is 6.64. The Labute approximate surface area is 103 Å². The van der Waals surface area contributed by atoms with Crippen molar-refractivity contribution in [1.29, 1.82) is 0 Å². The van der Waals surface area contributed by atoms with Crippen LogP contribution in [-0.4, -0.2) is 17.0 Å². The first-order valence-corrected chi connectivity index (χ1v) is 6.35. The number of nitrogens with two attached hydrogens (primary N) is 1. The third-order valence-corrected chi connectivity index (χ3v) is 2.77. The normalized spacial score (nSPS) is 12.4. The van der Waals surface area contributed by atoms with Crippen molar-refractivity contribution in [3.05, 3.63) is 24.0 Å². The molecule has 0 aliphatic rings. The summed E-state index contributed by atoms with van der Waals surface area (Å²) in [5.74, 6) is 0.0978. The van der Waals surface area contributed by atoms with Gasteiger partial charge in [0, 0.05) is 37.9 Å². The fourth-order valence-corrected chi connectivity index (χ4v) is 1.81. The number of nitrogens with zero attached hydrogens (tertiary/aromatic N) is 1. The molecule has 0 spiro atoms. The summed E-state index contributed by atoms with van der Waals surface area (Å²) >= 11 is 0. The molecule has 1 atom stereocenters. The maximum Gasteiger partial charge on any atom is 0.221 e. The van der Waals surface area contributed by atoms with Crippen LogP contribution in [0.1, 0.15) is 44.7 Å². The number of nitrogens with one attached hydrogen (secondary N) is 1. The number of hydrogen-bond donors (Lipinski definition) is 2. The highest BCUT2D eigenvalue weighted by Gasteiger charge is 2.07. The minimum atomic E-state index is 0.0978. The van der Waals surface area contributed by atoms with Crippen LogP contribution in [0.25, 0.3) is 0 Å². The predicted octanol–water partition coefficient (Wildman–Crippen LogP) is 1.81. The summed E-state index contributed by atoms with van der Waals surface area (Å²) < 4.78 is 2.03. The Bertz CT molecular complexity index is 346. The molecule has 1 aromatic heterocycles. The van der Waals surface area contributed by atoms with Gasteiger partial charge in [0.2, 0.25) is 5.91 Å². The molecule has 96 valence electrons. The summed E-state index contributed by atoms with van der Waals surface area (Å²) in [5, 5.41) is 2.79. The molecular weight excluding hydrogens is 214 g/mol. The van der Waals surface area contributed by atoms with Gasteiger partial charge in [-0.2, -0.15) is 0 Å². The average molecular weight is 237 g/mol. The Hall–Kier alpha value is -1.29. The molecule has 0 fully saturated rings. The van der Waals surface area contributed by atoms with Gasteiger partial charge >= 0.3 is 0 Å². The van der Waals surface area contributed by atoms with E-state index in [0.717, 1.165) is 18.4 Å². The second-order valence-corrected chi connectivity index (χ2v) is 4.28. The second-order valence-electron chi connectivity index (χ2n) is 4.28. The van der Waals surface area contributed by atoms with Crippen molar-refractivity contribution in [1.82, 2.24) is 9.88 Å². The molecule has 1 heterocycles. The molecule has 4 heteroatoms. The first kappa shape index (κ1) is 13.8. The fraction of sp³-hybridized carbons (Fsp3) is 0.615. The van der Waals surface area contributed by atoms with E-state index in [-0.39, 0.29) is 11.9 Å². The van der Waals surface area contributed by atoms with Crippen LogP contribution < -0.4 is 11.1 Å². The van der Waals surface area contributed by atoms with E-state index < -0.39 is 0 Å². The Morgan fingerprint density at radius 2 is 2.29 bits per heavy atom. The van der Waals surface area contributed by atoms with Crippen LogP contribution in [0.15, 0.2) is 18.5 Å². The average Bonchev–Trinajstić information content (AvgIpc) is 2.76. The lowest BCUT2D eigenvalue weighted by molar-refractivity contribution is -0.121. The Morgan fingerprint density at radius 3 is 2.94 bits per heavy atom. The Balaban J connectivity index is 2.43. The van der Waals surface area contributed by atoms with Crippen LogP contribution in [0, 0.1) is 0 Å². The van der Waals surface area contributed by atoms with Gasteiger partial charge in [-0.1, -0.05) is 13.3 Å². The van der Waals surface area contributed by atoms with Crippen LogP contribution >= 0.6 is 0 Å². The third kappa shape index (κ3) is 4.61. The van der Waals surface area contributed by atoms with Gasteiger partial charge in [-0.25, -0.2) is 0 Å². The van der Waals surface area contributed by atoms with Crippen molar-refractivity contribution in [3.8, 4) is 0 Å². The summed E-state index contributed by atoms with van der Waals surface area (Å²) in [6.45, 7) is 5.46. The monoisotopic (exact) mass is 237 g/mol. The van der Waals surface area contributed by atoms with Crippen LogP contribution in [0.2, 0.25) is 0 Å². The van der Waals surface area contributed by atoms with E-state index in [1.807, 2.05) is 30.0 Å². The molecule has 0 radical (unpaired) electrons. The first-order valence-electron chi connectivity index (χ1n) is 6.35. The Morgan fingerprint density at radius 1 is 1.53 bits per heavy atom. The van der Waals surface area contributed by atoms with E-state index in [2.05, 4.69) is 12.2 Å². The largest absolute Gasteiger partial charge is 0.356 e. The number of rotatable bonds is 7. The summed E-state index contributed by atoms with van der Waals surface area (Å²) in [7, 11) is 0. The molecule has 17 heavy (non-hydrogen) atoms. The first-order chi connectivity index (χ1) is 8.17. The minimum Gasteiger partial charge on any atom is -0.356 e. The lowest BCUT2D eigenvalue weighted by Gasteiger charge is -2.07. The highest BCUT2D eigenvalue weighted by atomic mass is 16.1. The van der Waals surface area contributed by atoms with Crippen molar-refractivity contribution >= 4 is 5.91 Å². The van der Waals surface area contributed by atoms with Gasteiger partial charge in [-0.3, -0.25) is 4.79 Å². The van der Waals surface area contributed by atoms with E-state index in [4.69, 9.17) is 5.73 Å². The number of aromatic nitrogens is 1. The number of carbonyl (C=O) groups excluding carboxylic acids is 1. The molecule has 1 aromatic rings. The SMILES string of the molecule is CCCC(N)c1ccn(CCC(=O)NCC)c1. The van der Waals surface area contributed by atoms with Gasteiger partial charge < -0.3 is 15.6 Å². The molecule has 0 aliphatic heterocycles. The van der Waals surface area contributed by atoms with Crippen LogP contribution in [-0.2, 0) is 11.3 Å². The number of amides is 1. The lowest BCUT2D eigenvalue weighted by Crippen LogP contribution is -2.23. The molecule has 0 saturated heterocycles. The maximum absolute atomic E-state index is 11.3. The van der Waals surface area contributed by atoms with E-state index in [1.165, 1.54) is 0 Å². The van der Waals surface area contributed by atoms with Gasteiger partial charge in [-0.05, 0) is 25.0 Å². The zero-order valence-corrected chi connectivity index (χ0v) is 10.8.